The molecule has 0 unspecified atom stereocenters. The van der Waals surface area contributed by atoms with Crippen LogP contribution in [0.4, 0.5) is 0 Å². The van der Waals surface area contributed by atoms with Crippen molar-refractivity contribution in [3.8, 4) is 0 Å². The van der Waals surface area contributed by atoms with Crippen LogP contribution in [-0.4, -0.2) is 17.8 Å². The second-order valence-corrected chi connectivity index (χ2v) is 4.27. The predicted octanol–water partition coefficient (Wildman–Crippen LogP) is 3.62. The van der Waals surface area contributed by atoms with E-state index in [0.29, 0.717) is 0 Å². The minimum absolute atomic E-state index is 1.06. The molecule has 0 saturated carbocycles. The summed E-state index contributed by atoms with van der Waals surface area (Å²) in [6, 6.07) is 0. The first-order valence-electron chi connectivity index (χ1n) is 4.51. The van der Waals surface area contributed by atoms with Crippen molar-refractivity contribution in [2.75, 3.05) is 17.8 Å². The minimum atomic E-state index is 1.06. The molecule has 11 heavy (non-hydrogen) atoms. The van der Waals surface area contributed by atoms with Crippen molar-refractivity contribution in [3.05, 3.63) is 0 Å². The van der Waals surface area contributed by atoms with Gasteiger partial charge in [-0.15, -0.1) is 0 Å². The monoisotopic (exact) mass is 192 g/mol. The molecule has 0 aromatic rings. The average molecular weight is 192 g/mol. The van der Waals surface area contributed by atoms with E-state index in [2.05, 4.69) is 18.9 Å². The first-order chi connectivity index (χ1) is 5.41. The Morgan fingerprint density at radius 2 is 1.45 bits per heavy atom. The van der Waals surface area contributed by atoms with Gasteiger partial charge in [0, 0.05) is 0 Å². The van der Waals surface area contributed by atoms with Crippen LogP contribution >= 0.6 is 24.4 Å². The van der Waals surface area contributed by atoms with Crippen LogP contribution < -0.4 is 0 Å². The van der Waals surface area contributed by atoms with Crippen LogP contribution in [0.15, 0.2) is 0 Å². The Morgan fingerprint density at radius 3 is 2.00 bits per heavy atom. The van der Waals surface area contributed by atoms with Gasteiger partial charge >= 0.3 is 0 Å². The van der Waals surface area contributed by atoms with Crippen LogP contribution in [0.5, 0.6) is 0 Å². The smallest absolute Gasteiger partial charge is 0.00703 e. The number of unbranched alkanes of at least 4 members (excludes halogenated alkanes) is 5. The van der Waals surface area contributed by atoms with Crippen LogP contribution in [0.3, 0.4) is 0 Å². The van der Waals surface area contributed by atoms with Gasteiger partial charge in [-0.1, -0.05) is 25.7 Å². The molecule has 0 aliphatic carbocycles. The Balaban J connectivity index is 2.69. The van der Waals surface area contributed by atoms with Gasteiger partial charge in [0.15, 0.2) is 0 Å². The summed E-state index contributed by atoms with van der Waals surface area (Å²) in [5.41, 5.74) is 0. The molecule has 0 aromatic heterocycles. The molecule has 2 heteroatoms. The summed E-state index contributed by atoms with van der Waals surface area (Å²) in [6.45, 7) is 0. The summed E-state index contributed by atoms with van der Waals surface area (Å²) in [5.74, 6) is 2.40. The zero-order valence-electron chi connectivity index (χ0n) is 7.51. The van der Waals surface area contributed by atoms with Gasteiger partial charge in [-0.2, -0.15) is 24.4 Å². The lowest BCUT2D eigenvalue weighted by molar-refractivity contribution is 0.629. The predicted molar refractivity (Wildman–Crippen MR) is 59.9 cm³/mol. The molecule has 0 rings (SSSR count). The fourth-order valence-electron chi connectivity index (χ4n) is 1.07. The van der Waals surface area contributed by atoms with Crippen LogP contribution in [0.2, 0.25) is 0 Å². The lowest BCUT2D eigenvalue weighted by Gasteiger charge is -1.98. The fraction of sp³-hybridized carbons (Fsp3) is 1.00. The van der Waals surface area contributed by atoms with Crippen LogP contribution in [0.1, 0.15) is 38.5 Å². The molecule has 0 aliphatic heterocycles. The highest BCUT2D eigenvalue weighted by Gasteiger charge is 1.89. The topological polar surface area (TPSA) is 0 Å². The molecule has 0 amide bonds. The van der Waals surface area contributed by atoms with E-state index in [-0.39, 0.29) is 0 Å². The quantitative estimate of drug-likeness (QED) is 0.453. The maximum atomic E-state index is 4.18. The highest BCUT2D eigenvalue weighted by atomic mass is 32.2. The van der Waals surface area contributed by atoms with Gasteiger partial charge in [0.25, 0.3) is 0 Å². The highest BCUT2D eigenvalue weighted by Crippen LogP contribution is 2.07. The Morgan fingerprint density at radius 1 is 0.909 bits per heavy atom. The molecular formula is C9H20S2. The van der Waals surface area contributed by atoms with Crippen molar-refractivity contribution in [1.82, 2.24) is 0 Å². The SMILES string of the molecule is CSCCCCCCCCS. The van der Waals surface area contributed by atoms with Crippen molar-refractivity contribution in [1.29, 1.82) is 0 Å². The number of rotatable bonds is 8. The number of thiol groups is 1. The van der Waals surface area contributed by atoms with E-state index in [1.54, 1.807) is 0 Å². The first-order valence-corrected chi connectivity index (χ1v) is 6.54. The van der Waals surface area contributed by atoms with Gasteiger partial charge in [-0.25, -0.2) is 0 Å². The molecule has 0 fully saturated rings. The fourth-order valence-corrected chi connectivity index (χ4v) is 1.78. The zero-order chi connectivity index (χ0) is 8.36. The third-order valence-corrected chi connectivity index (χ3v) is 2.77. The van der Waals surface area contributed by atoms with Crippen LogP contribution in [-0.2, 0) is 0 Å². The van der Waals surface area contributed by atoms with Crippen molar-refractivity contribution < 1.29 is 0 Å². The molecule has 0 aromatic carbocycles. The van der Waals surface area contributed by atoms with Crippen molar-refractivity contribution in [2.45, 2.75) is 38.5 Å². The molecule has 0 heterocycles. The van der Waals surface area contributed by atoms with E-state index < -0.39 is 0 Å². The van der Waals surface area contributed by atoms with Gasteiger partial charge in [0.2, 0.25) is 0 Å². The number of thioether (sulfide) groups is 1. The van der Waals surface area contributed by atoms with Crippen molar-refractivity contribution in [2.24, 2.45) is 0 Å². The molecule has 0 saturated heterocycles. The van der Waals surface area contributed by atoms with Gasteiger partial charge in [0.05, 0.1) is 0 Å². The van der Waals surface area contributed by atoms with Crippen molar-refractivity contribution in [3.63, 3.8) is 0 Å². The molecule has 0 spiro atoms. The summed E-state index contributed by atoms with van der Waals surface area (Å²) in [7, 11) is 0. The van der Waals surface area contributed by atoms with E-state index >= 15 is 0 Å². The van der Waals surface area contributed by atoms with Gasteiger partial charge < -0.3 is 0 Å². The van der Waals surface area contributed by atoms with Gasteiger partial charge in [-0.3, -0.25) is 0 Å². The Kier molecular flexibility index (Phi) is 11.4. The second kappa shape index (κ2) is 10.7. The summed E-state index contributed by atoms with van der Waals surface area (Å²) in [6.07, 6.45) is 10.5. The van der Waals surface area contributed by atoms with Crippen LogP contribution in [0, 0.1) is 0 Å². The van der Waals surface area contributed by atoms with E-state index in [1.165, 1.54) is 44.3 Å². The zero-order valence-corrected chi connectivity index (χ0v) is 9.22. The molecule has 0 bridgehead atoms. The number of hydrogen-bond donors (Lipinski definition) is 1. The largest absolute Gasteiger partial charge is 0.179 e. The Labute approximate surface area is 80.9 Å². The molecule has 0 nitrogen and oxygen atoms in total. The van der Waals surface area contributed by atoms with E-state index in [1.807, 2.05) is 11.8 Å². The highest BCUT2D eigenvalue weighted by molar-refractivity contribution is 7.98. The second-order valence-electron chi connectivity index (χ2n) is 2.84. The van der Waals surface area contributed by atoms with Gasteiger partial charge in [0.1, 0.15) is 0 Å². The molecule has 0 N–H and O–H groups in total. The molecule has 0 radical (unpaired) electrons. The van der Waals surface area contributed by atoms with E-state index in [4.69, 9.17) is 0 Å². The summed E-state index contributed by atoms with van der Waals surface area (Å²) >= 11 is 6.13. The third-order valence-electron chi connectivity index (χ3n) is 1.76. The Hall–Kier alpha value is 0.700. The third kappa shape index (κ3) is 10.7. The molecule has 0 atom stereocenters. The maximum absolute atomic E-state index is 4.18. The average Bonchev–Trinajstić information content (AvgIpc) is 2.03. The molecule has 68 valence electrons. The molecule has 0 aliphatic rings. The van der Waals surface area contributed by atoms with E-state index in [9.17, 15) is 0 Å². The normalized spacial score (nSPS) is 10.4. The first kappa shape index (κ1) is 11.7. The number of hydrogen-bond acceptors (Lipinski definition) is 2. The molecular weight excluding hydrogens is 172 g/mol. The summed E-state index contributed by atoms with van der Waals surface area (Å²) < 4.78 is 0. The summed E-state index contributed by atoms with van der Waals surface area (Å²) in [5, 5.41) is 0. The van der Waals surface area contributed by atoms with Crippen LogP contribution in [0.25, 0.3) is 0 Å². The van der Waals surface area contributed by atoms with Crippen molar-refractivity contribution >= 4 is 24.4 Å². The van der Waals surface area contributed by atoms with Gasteiger partial charge in [-0.05, 0) is 30.6 Å². The standard InChI is InChI=1S/C9H20S2/c1-11-9-7-5-3-2-4-6-8-10/h10H,2-9H2,1H3. The lowest BCUT2D eigenvalue weighted by atomic mass is 10.1. The maximum Gasteiger partial charge on any atom is -0.00703 e. The summed E-state index contributed by atoms with van der Waals surface area (Å²) in [4.78, 5) is 0. The lowest BCUT2D eigenvalue weighted by Crippen LogP contribution is -1.82. The Bertz CT molecular complexity index is 56.6. The van der Waals surface area contributed by atoms with E-state index in [0.717, 1.165) is 5.75 Å². The minimum Gasteiger partial charge on any atom is -0.179 e.